The first-order valence-electron chi connectivity index (χ1n) is 6.51. The van der Waals surface area contributed by atoms with Crippen molar-refractivity contribution in [1.82, 2.24) is 20.2 Å². The largest absolute Gasteiger partial charge is 0.365 e. The van der Waals surface area contributed by atoms with Crippen molar-refractivity contribution in [1.29, 1.82) is 0 Å². The molecule has 0 bridgehead atoms. The zero-order valence-electron chi connectivity index (χ0n) is 12.0. The van der Waals surface area contributed by atoms with Crippen LogP contribution in [-0.2, 0) is 0 Å². The lowest BCUT2D eigenvalue weighted by Crippen LogP contribution is -2.17. The van der Waals surface area contributed by atoms with Gasteiger partial charge >= 0.3 is 0 Å². The van der Waals surface area contributed by atoms with Crippen molar-refractivity contribution in [2.24, 2.45) is 5.73 Å². The Hall–Kier alpha value is -2.61. The average molecular weight is 314 g/mol. The number of aromatic amines is 1. The summed E-state index contributed by atoms with van der Waals surface area (Å²) in [6.07, 6.45) is 3.61. The maximum absolute atomic E-state index is 11.7. The van der Waals surface area contributed by atoms with E-state index in [-0.39, 0.29) is 0 Å². The van der Waals surface area contributed by atoms with Crippen LogP contribution in [0.2, 0.25) is 0 Å². The third-order valence-electron chi connectivity index (χ3n) is 3.20. The summed E-state index contributed by atoms with van der Waals surface area (Å²) in [4.78, 5) is 20.3. The lowest BCUT2D eigenvalue weighted by Gasteiger charge is -2.12. The molecule has 0 atom stereocenters. The van der Waals surface area contributed by atoms with E-state index in [1.807, 2.05) is 24.5 Å². The lowest BCUT2D eigenvalue weighted by atomic mass is 10.2. The summed E-state index contributed by atoms with van der Waals surface area (Å²) in [6.45, 7) is 1.74. The topological polar surface area (TPSA) is 110 Å². The van der Waals surface area contributed by atoms with E-state index in [0.29, 0.717) is 22.2 Å². The first-order chi connectivity index (χ1) is 10.6. The second-order valence-electron chi connectivity index (χ2n) is 4.68. The summed E-state index contributed by atoms with van der Waals surface area (Å²) in [7, 11) is 0. The Bertz CT molecular complexity index is 860. The van der Waals surface area contributed by atoms with Crippen molar-refractivity contribution >= 4 is 40.1 Å². The summed E-state index contributed by atoms with van der Waals surface area (Å²) >= 11 is 1.40. The van der Waals surface area contributed by atoms with Crippen molar-refractivity contribution in [3.8, 4) is 0 Å². The first kappa shape index (κ1) is 14.3. The second kappa shape index (κ2) is 5.64. The van der Waals surface area contributed by atoms with Gasteiger partial charge in [0.25, 0.3) is 5.91 Å². The molecule has 0 fully saturated rings. The fraction of sp³-hybridized carbons (Fsp3) is 0.143. The molecule has 8 heteroatoms. The van der Waals surface area contributed by atoms with Gasteiger partial charge in [-0.1, -0.05) is 11.8 Å². The monoisotopic (exact) mass is 314 g/mol. The minimum atomic E-state index is -0.558. The number of carbonyl (C=O) groups is 1. The van der Waals surface area contributed by atoms with Gasteiger partial charge in [-0.2, -0.15) is 5.10 Å². The smallest absolute Gasteiger partial charge is 0.254 e. The molecule has 7 nitrogen and oxygen atoms in total. The Morgan fingerprint density at radius 2 is 2.18 bits per heavy atom. The number of aryl methyl sites for hydroxylation is 1. The number of thioether (sulfide) groups is 1. The van der Waals surface area contributed by atoms with E-state index in [1.54, 1.807) is 13.1 Å². The first-order valence-corrected chi connectivity index (χ1v) is 7.73. The van der Waals surface area contributed by atoms with Gasteiger partial charge in [-0.25, -0.2) is 9.97 Å². The Balaban J connectivity index is 2.06. The van der Waals surface area contributed by atoms with Gasteiger partial charge < -0.3 is 11.1 Å². The number of fused-ring (bicyclic) bond motifs is 1. The van der Waals surface area contributed by atoms with Gasteiger partial charge in [0, 0.05) is 11.1 Å². The number of benzene rings is 1. The SMILES string of the molecule is CSc1nc(C)c(C(N)=O)c(Nc2ccc3[nH]ncc3c2)n1. The number of rotatable bonds is 4. The molecule has 4 N–H and O–H groups in total. The second-order valence-corrected chi connectivity index (χ2v) is 5.45. The Labute approximate surface area is 130 Å². The van der Waals surface area contributed by atoms with E-state index in [4.69, 9.17) is 5.73 Å². The molecule has 3 rings (SSSR count). The number of carbonyl (C=O) groups excluding carboxylic acids is 1. The van der Waals surface area contributed by atoms with E-state index >= 15 is 0 Å². The minimum Gasteiger partial charge on any atom is -0.365 e. The minimum absolute atomic E-state index is 0.296. The number of hydrogen-bond donors (Lipinski definition) is 3. The molecule has 0 spiro atoms. The van der Waals surface area contributed by atoms with Crippen LogP contribution in [0.1, 0.15) is 16.1 Å². The Kier molecular flexibility index (Phi) is 3.68. The van der Waals surface area contributed by atoms with E-state index in [9.17, 15) is 4.79 Å². The molecule has 0 aliphatic heterocycles. The number of nitrogens with zero attached hydrogens (tertiary/aromatic N) is 3. The van der Waals surface area contributed by atoms with Gasteiger partial charge in [0.05, 0.1) is 17.4 Å². The predicted octanol–water partition coefficient (Wildman–Crippen LogP) is 2.23. The normalized spacial score (nSPS) is 10.8. The quantitative estimate of drug-likeness (QED) is 0.503. The zero-order valence-corrected chi connectivity index (χ0v) is 12.9. The van der Waals surface area contributed by atoms with Crippen molar-refractivity contribution in [2.45, 2.75) is 12.1 Å². The summed E-state index contributed by atoms with van der Waals surface area (Å²) < 4.78 is 0. The third-order valence-corrected chi connectivity index (χ3v) is 3.75. The number of nitrogens with one attached hydrogen (secondary N) is 2. The highest BCUT2D eigenvalue weighted by molar-refractivity contribution is 7.98. The van der Waals surface area contributed by atoms with Crippen LogP contribution in [0.15, 0.2) is 29.6 Å². The number of nitrogens with two attached hydrogens (primary N) is 1. The molecule has 0 saturated heterocycles. The van der Waals surface area contributed by atoms with Crippen molar-refractivity contribution in [2.75, 3.05) is 11.6 Å². The Morgan fingerprint density at radius 3 is 2.91 bits per heavy atom. The van der Waals surface area contributed by atoms with Crippen LogP contribution >= 0.6 is 11.8 Å². The molecule has 1 aromatic carbocycles. The maximum Gasteiger partial charge on any atom is 0.254 e. The van der Waals surface area contributed by atoms with Crippen LogP contribution in [0, 0.1) is 6.92 Å². The summed E-state index contributed by atoms with van der Waals surface area (Å²) in [6, 6.07) is 5.69. The highest BCUT2D eigenvalue weighted by Gasteiger charge is 2.16. The predicted molar refractivity (Wildman–Crippen MR) is 86.4 cm³/mol. The number of amides is 1. The molecule has 0 saturated carbocycles. The summed E-state index contributed by atoms with van der Waals surface area (Å²) in [5, 5.41) is 11.5. The number of primary amides is 1. The van der Waals surface area contributed by atoms with Gasteiger partial charge in [-0.15, -0.1) is 0 Å². The molecule has 22 heavy (non-hydrogen) atoms. The van der Waals surface area contributed by atoms with Crippen LogP contribution in [0.25, 0.3) is 10.9 Å². The maximum atomic E-state index is 11.7. The number of H-pyrrole nitrogens is 1. The van der Waals surface area contributed by atoms with E-state index in [0.717, 1.165) is 16.6 Å². The van der Waals surface area contributed by atoms with Crippen LogP contribution in [0.3, 0.4) is 0 Å². The van der Waals surface area contributed by atoms with E-state index in [2.05, 4.69) is 25.5 Å². The third kappa shape index (κ3) is 2.60. The molecular weight excluding hydrogens is 300 g/mol. The Morgan fingerprint density at radius 1 is 1.36 bits per heavy atom. The summed E-state index contributed by atoms with van der Waals surface area (Å²) in [5.74, 6) is -0.149. The molecule has 112 valence electrons. The molecule has 1 amide bonds. The molecule has 0 unspecified atom stereocenters. The molecular formula is C14H14N6OS. The average Bonchev–Trinajstić information content (AvgIpc) is 2.93. The molecule has 0 radical (unpaired) electrons. The van der Waals surface area contributed by atoms with E-state index < -0.39 is 5.91 Å². The molecule has 2 aromatic heterocycles. The molecule has 0 aliphatic rings. The highest BCUT2D eigenvalue weighted by atomic mass is 32.2. The van der Waals surface area contributed by atoms with Gasteiger partial charge in [0.1, 0.15) is 11.4 Å². The van der Waals surface area contributed by atoms with Crippen molar-refractivity contribution < 1.29 is 4.79 Å². The van der Waals surface area contributed by atoms with Crippen LogP contribution < -0.4 is 11.1 Å². The number of anilines is 2. The molecule has 0 aliphatic carbocycles. The zero-order chi connectivity index (χ0) is 15.7. The molecule has 2 heterocycles. The van der Waals surface area contributed by atoms with Gasteiger partial charge in [-0.05, 0) is 31.4 Å². The van der Waals surface area contributed by atoms with Gasteiger partial charge in [-0.3, -0.25) is 9.89 Å². The summed E-state index contributed by atoms with van der Waals surface area (Å²) in [5.41, 5.74) is 8.03. The van der Waals surface area contributed by atoms with Crippen molar-refractivity contribution in [3.63, 3.8) is 0 Å². The number of hydrogen-bond acceptors (Lipinski definition) is 6. The number of aromatic nitrogens is 4. The van der Waals surface area contributed by atoms with Crippen LogP contribution in [0.5, 0.6) is 0 Å². The molecule has 3 aromatic rings. The van der Waals surface area contributed by atoms with Crippen LogP contribution in [0.4, 0.5) is 11.5 Å². The van der Waals surface area contributed by atoms with Gasteiger partial charge in [0.2, 0.25) is 0 Å². The highest BCUT2D eigenvalue weighted by Crippen LogP contribution is 2.25. The van der Waals surface area contributed by atoms with E-state index in [1.165, 1.54) is 11.8 Å². The fourth-order valence-electron chi connectivity index (χ4n) is 2.18. The van der Waals surface area contributed by atoms with Crippen LogP contribution in [-0.4, -0.2) is 32.3 Å². The fourth-order valence-corrected chi connectivity index (χ4v) is 2.59. The van der Waals surface area contributed by atoms with Gasteiger partial charge in [0.15, 0.2) is 5.16 Å². The lowest BCUT2D eigenvalue weighted by molar-refractivity contribution is 0.0999. The standard InChI is InChI=1S/C14H14N6OS/c1-7-11(12(15)21)13(19-14(17-7)22-2)18-9-3-4-10-8(5-9)6-16-20-10/h3-6H,1-2H3,(H2,15,21)(H,16,20)(H,17,18,19). The van der Waals surface area contributed by atoms with Crippen molar-refractivity contribution in [3.05, 3.63) is 35.7 Å².